The van der Waals surface area contributed by atoms with Crippen molar-refractivity contribution in [3.8, 4) is 0 Å². The van der Waals surface area contributed by atoms with Crippen molar-refractivity contribution in [1.82, 2.24) is 10.3 Å². The van der Waals surface area contributed by atoms with Crippen molar-refractivity contribution in [3.05, 3.63) is 76.1 Å². The number of fused-ring (bicyclic) bond motifs is 1. The van der Waals surface area contributed by atoms with E-state index < -0.39 is 0 Å². The highest BCUT2D eigenvalue weighted by Gasteiger charge is 2.11. The van der Waals surface area contributed by atoms with E-state index in [0.29, 0.717) is 5.56 Å². The lowest BCUT2D eigenvalue weighted by atomic mass is 10.1. The van der Waals surface area contributed by atoms with Crippen LogP contribution in [-0.2, 0) is 22.5 Å². The maximum absolute atomic E-state index is 12.3. The first-order valence-corrected chi connectivity index (χ1v) is 9.48. The van der Waals surface area contributed by atoms with Crippen LogP contribution in [0.5, 0.6) is 0 Å². The summed E-state index contributed by atoms with van der Waals surface area (Å²) in [6, 6.07) is 17.5. The molecule has 0 aliphatic carbocycles. The Morgan fingerprint density at radius 2 is 1.82 bits per heavy atom. The highest BCUT2D eigenvalue weighted by atomic mass is 16.5. The third-order valence-corrected chi connectivity index (χ3v) is 4.98. The van der Waals surface area contributed by atoms with Gasteiger partial charge in [0.05, 0.1) is 19.6 Å². The molecule has 2 N–H and O–H groups in total. The van der Waals surface area contributed by atoms with E-state index in [0.717, 1.165) is 48.5 Å². The van der Waals surface area contributed by atoms with E-state index in [1.54, 1.807) is 0 Å². The lowest BCUT2D eigenvalue weighted by molar-refractivity contribution is -0.120. The third-order valence-electron chi connectivity index (χ3n) is 4.98. The van der Waals surface area contributed by atoms with E-state index in [9.17, 15) is 9.59 Å². The highest BCUT2D eigenvalue weighted by molar-refractivity contribution is 5.80. The van der Waals surface area contributed by atoms with Crippen LogP contribution in [0.25, 0.3) is 10.9 Å². The van der Waals surface area contributed by atoms with Gasteiger partial charge in [0.25, 0.3) is 5.56 Å². The van der Waals surface area contributed by atoms with Crippen LogP contribution >= 0.6 is 0 Å². The Balaban J connectivity index is 1.35. The van der Waals surface area contributed by atoms with Crippen molar-refractivity contribution >= 4 is 22.5 Å². The lowest BCUT2D eigenvalue weighted by Gasteiger charge is -2.28. The second kappa shape index (κ2) is 8.27. The molecule has 6 nitrogen and oxygen atoms in total. The Morgan fingerprint density at radius 3 is 2.61 bits per heavy atom. The lowest BCUT2D eigenvalue weighted by Crippen LogP contribution is -2.36. The molecule has 1 aliphatic rings. The Labute approximate surface area is 163 Å². The van der Waals surface area contributed by atoms with E-state index in [2.05, 4.69) is 15.2 Å². The molecule has 3 aromatic rings. The molecule has 0 bridgehead atoms. The first-order chi connectivity index (χ1) is 13.7. The van der Waals surface area contributed by atoms with Gasteiger partial charge in [-0.1, -0.05) is 30.3 Å². The molecular weight excluding hydrogens is 354 g/mol. The predicted molar refractivity (Wildman–Crippen MR) is 110 cm³/mol. The van der Waals surface area contributed by atoms with E-state index >= 15 is 0 Å². The summed E-state index contributed by atoms with van der Waals surface area (Å²) < 4.78 is 5.37. The molecule has 1 fully saturated rings. The molecular formula is C22H23N3O3. The maximum Gasteiger partial charge on any atom is 0.253 e. The molecule has 0 atom stereocenters. The Hall–Kier alpha value is -3.12. The average Bonchev–Trinajstić information content (AvgIpc) is 2.73. The molecule has 1 amide bonds. The number of amides is 1. The number of rotatable bonds is 5. The van der Waals surface area contributed by atoms with Crippen molar-refractivity contribution in [1.29, 1.82) is 0 Å². The minimum atomic E-state index is -0.172. The topological polar surface area (TPSA) is 74.4 Å². The first-order valence-electron chi connectivity index (χ1n) is 9.48. The zero-order valence-electron chi connectivity index (χ0n) is 15.6. The van der Waals surface area contributed by atoms with E-state index in [4.69, 9.17) is 4.74 Å². The average molecular weight is 377 g/mol. The largest absolute Gasteiger partial charge is 0.378 e. The van der Waals surface area contributed by atoms with E-state index in [-0.39, 0.29) is 24.4 Å². The summed E-state index contributed by atoms with van der Waals surface area (Å²) in [5, 5.41) is 3.79. The second-order valence-corrected chi connectivity index (χ2v) is 6.93. The molecule has 0 radical (unpaired) electrons. The van der Waals surface area contributed by atoms with Crippen molar-refractivity contribution < 1.29 is 9.53 Å². The number of carbonyl (C=O) groups is 1. The maximum atomic E-state index is 12.3. The number of para-hydroxylation sites is 1. The summed E-state index contributed by atoms with van der Waals surface area (Å²) >= 11 is 0. The van der Waals surface area contributed by atoms with E-state index in [1.165, 1.54) is 0 Å². The highest BCUT2D eigenvalue weighted by Crippen LogP contribution is 2.17. The number of morpholine rings is 1. The van der Waals surface area contributed by atoms with Gasteiger partial charge in [-0.15, -0.1) is 0 Å². The van der Waals surface area contributed by atoms with Crippen molar-refractivity contribution in [2.24, 2.45) is 0 Å². The number of benzene rings is 2. The minimum absolute atomic E-state index is 0.105. The number of nitrogens with zero attached hydrogens (tertiary/aromatic N) is 1. The first kappa shape index (κ1) is 18.3. The van der Waals surface area contributed by atoms with Gasteiger partial charge in [-0.25, -0.2) is 0 Å². The molecule has 0 saturated carbocycles. The summed E-state index contributed by atoms with van der Waals surface area (Å²) in [6.07, 6.45) is 0.287. The fourth-order valence-corrected chi connectivity index (χ4v) is 3.41. The van der Waals surface area contributed by atoms with E-state index in [1.807, 2.05) is 54.6 Å². The van der Waals surface area contributed by atoms with Crippen LogP contribution in [0.1, 0.15) is 11.1 Å². The monoisotopic (exact) mass is 377 g/mol. The van der Waals surface area contributed by atoms with Gasteiger partial charge in [0, 0.05) is 36.4 Å². The van der Waals surface area contributed by atoms with Crippen LogP contribution in [0.4, 0.5) is 5.69 Å². The number of aromatic nitrogens is 1. The molecule has 1 aliphatic heterocycles. The van der Waals surface area contributed by atoms with Crippen LogP contribution in [0.3, 0.4) is 0 Å². The number of carbonyl (C=O) groups excluding carboxylic acids is 1. The molecule has 28 heavy (non-hydrogen) atoms. The number of H-pyrrole nitrogens is 1. The van der Waals surface area contributed by atoms with Gasteiger partial charge >= 0.3 is 0 Å². The molecule has 4 rings (SSSR count). The van der Waals surface area contributed by atoms with Crippen LogP contribution in [-0.4, -0.2) is 37.2 Å². The summed E-state index contributed by atoms with van der Waals surface area (Å²) in [6.45, 7) is 3.49. The molecule has 6 heteroatoms. The van der Waals surface area contributed by atoms with Gasteiger partial charge in [0.2, 0.25) is 5.91 Å². The second-order valence-electron chi connectivity index (χ2n) is 6.93. The van der Waals surface area contributed by atoms with Crippen LogP contribution in [0.15, 0.2) is 59.4 Å². The fourth-order valence-electron chi connectivity index (χ4n) is 3.41. The molecule has 2 heterocycles. The number of anilines is 1. The normalized spacial score (nSPS) is 14.2. The van der Waals surface area contributed by atoms with Gasteiger partial charge < -0.3 is 19.9 Å². The molecule has 0 unspecified atom stereocenters. The molecule has 0 spiro atoms. The Bertz CT molecular complexity index is 1020. The van der Waals surface area contributed by atoms with Crippen LogP contribution < -0.4 is 15.8 Å². The zero-order chi connectivity index (χ0) is 19.3. The Morgan fingerprint density at radius 1 is 1.07 bits per heavy atom. The van der Waals surface area contributed by atoms with Gasteiger partial charge in [0.15, 0.2) is 0 Å². The SMILES string of the molecule is O=C(Cc1ccc(N2CCOCC2)cc1)NCc1cc2ccccc2[nH]c1=O. The summed E-state index contributed by atoms with van der Waals surface area (Å²) in [7, 11) is 0. The quantitative estimate of drug-likeness (QED) is 0.715. The van der Waals surface area contributed by atoms with Gasteiger partial charge in [-0.05, 0) is 35.2 Å². The third kappa shape index (κ3) is 4.23. The number of hydrogen-bond donors (Lipinski definition) is 2. The summed E-state index contributed by atoms with van der Waals surface area (Å²) in [4.78, 5) is 29.6. The molecule has 144 valence electrons. The molecule has 1 saturated heterocycles. The number of ether oxygens (including phenoxy) is 1. The smallest absolute Gasteiger partial charge is 0.253 e. The number of hydrogen-bond acceptors (Lipinski definition) is 4. The summed E-state index contributed by atoms with van der Waals surface area (Å²) in [5.41, 5.74) is 3.27. The predicted octanol–water partition coefficient (Wildman–Crippen LogP) is 2.22. The van der Waals surface area contributed by atoms with Crippen molar-refractivity contribution in [2.45, 2.75) is 13.0 Å². The zero-order valence-corrected chi connectivity index (χ0v) is 15.6. The fraction of sp³-hybridized carbons (Fsp3) is 0.273. The Kier molecular flexibility index (Phi) is 5.39. The van der Waals surface area contributed by atoms with Gasteiger partial charge in [0.1, 0.15) is 0 Å². The minimum Gasteiger partial charge on any atom is -0.378 e. The van der Waals surface area contributed by atoms with Crippen molar-refractivity contribution in [3.63, 3.8) is 0 Å². The number of pyridine rings is 1. The number of nitrogens with one attached hydrogen (secondary N) is 2. The summed E-state index contributed by atoms with van der Waals surface area (Å²) in [5.74, 6) is -0.105. The van der Waals surface area contributed by atoms with Gasteiger partial charge in [-0.2, -0.15) is 0 Å². The van der Waals surface area contributed by atoms with Crippen molar-refractivity contribution in [2.75, 3.05) is 31.2 Å². The molecule has 2 aromatic carbocycles. The van der Waals surface area contributed by atoms with Gasteiger partial charge in [-0.3, -0.25) is 9.59 Å². The van der Waals surface area contributed by atoms with Crippen LogP contribution in [0, 0.1) is 0 Å². The van der Waals surface area contributed by atoms with Crippen LogP contribution in [0.2, 0.25) is 0 Å². The number of aromatic amines is 1. The molecule has 1 aromatic heterocycles. The standard InChI is InChI=1S/C22H23N3O3/c26-21(13-16-5-7-19(8-6-16)25-9-11-28-12-10-25)23-15-18-14-17-3-1-2-4-20(17)24-22(18)27/h1-8,14H,9-13,15H2,(H,23,26)(H,24,27).